The lowest BCUT2D eigenvalue weighted by Crippen LogP contribution is -2.61. The molecule has 6 saturated carbocycles. The van der Waals surface area contributed by atoms with Crippen LogP contribution < -0.4 is 0 Å². The van der Waals surface area contributed by atoms with Gasteiger partial charge in [0, 0.05) is 0 Å². The Labute approximate surface area is 155 Å². The molecule has 0 heterocycles. The van der Waals surface area contributed by atoms with E-state index in [1.165, 1.54) is 0 Å². The number of rotatable bonds is 2. The van der Waals surface area contributed by atoms with E-state index in [1.54, 1.807) is 0 Å². The number of aliphatic hydroxyl groups is 1. The molecule has 26 heavy (non-hydrogen) atoms. The number of hydrogen-bond acceptors (Lipinski definition) is 1. The molecule has 0 spiro atoms. The zero-order valence-corrected chi connectivity index (χ0v) is 16.3. The summed E-state index contributed by atoms with van der Waals surface area (Å²) < 4.78 is 43.8. The average molecular weight is 370 g/mol. The minimum atomic E-state index is -4.10. The van der Waals surface area contributed by atoms with Crippen molar-refractivity contribution in [3.8, 4) is 0 Å². The van der Waals surface area contributed by atoms with Crippen LogP contribution in [0.2, 0.25) is 0 Å². The van der Waals surface area contributed by atoms with E-state index in [1.807, 2.05) is 0 Å². The minimum absolute atomic E-state index is 0.181. The third-order valence-electron chi connectivity index (χ3n) is 10.4. The molecule has 6 bridgehead atoms. The molecule has 7 atom stereocenters. The van der Waals surface area contributed by atoms with Gasteiger partial charge in [0.25, 0.3) is 0 Å². The molecule has 7 unspecified atom stereocenters. The molecule has 0 saturated heterocycles. The Balaban J connectivity index is 1.51. The fraction of sp³-hybridized carbons (Fsp3) is 1.00. The Morgan fingerprint density at radius 3 is 2.00 bits per heavy atom. The second-order valence-electron chi connectivity index (χ2n) is 11.4. The smallest absolute Gasteiger partial charge is 0.390 e. The highest BCUT2D eigenvalue weighted by Gasteiger charge is 2.72. The fourth-order valence-corrected chi connectivity index (χ4v) is 9.04. The molecule has 0 aromatic carbocycles. The van der Waals surface area contributed by atoms with Crippen LogP contribution in [0.3, 0.4) is 0 Å². The van der Waals surface area contributed by atoms with Gasteiger partial charge in [-0.25, -0.2) is 0 Å². The first-order valence-corrected chi connectivity index (χ1v) is 10.8. The normalized spacial score (nSPS) is 60.8. The third-order valence-corrected chi connectivity index (χ3v) is 10.4. The summed E-state index contributed by atoms with van der Waals surface area (Å²) in [4.78, 5) is 0. The summed E-state index contributed by atoms with van der Waals surface area (Å²) in [6.45, 7) is 6.39. The first-order valence-electron chi connectivity index (χ1n) is 10.8. The second kappa shape index (κ2) is 5.02. The molecule has 1 N–H and O–H groups in total. The molecule has 148 valence electrons. The zero-order chi connectivity index (χ0) is 18.7. The van der Waals surface area contributed by atoms with Crippen molar-refractivity contribution in [3.05, 3.63) is 0 Å². The highest BCUT2D eigenvalue weighted by Crippen LogP contribution is 2.73. The third kappa shape index (κ3) is 2.09. The van der Waals surface area contributed by atoms with Crippen molar-refractivity contribution in [3.63, 3.8) is 0 Å². The van der Waals surface area contributed by atoms with Crippen molar-refractivity contribution in [2.45, 2.75) is 83.9 Å². The van der Waals surface area contributed by atoms with Crippen LogP contribution in [-0.4, -0.2) is 16.9 Å². The number of fused-ring (bicyclic) bond motifs is 2. The lowest BCUT2D eigenvalue weighted by atomic mass is 9.41. The second-order valence-corrected chi connectivity index (χ2v) is 11.4. The van der Waals surface area contributed by atoms with Crippen molar-refractivity contribution >= 4 is 0 Å². The van der Waals surface area contributed by atoms with Crippen LogP contribution in [0, 0.1) is 52.3 Å². The Kier molecular flexibility index (Phi) is 3.44. The molecular formula is C22H33F3O. The van der Waals surface area contributed by atoms with Gasteiger partial charge >= 0.3 is 6.18 Å². The molecule has 6 aliphatic carbocycles. The molecule has 4 heteroatoms. The first-order chi connectivity index (χ1) is 12.0. The number of halogens is 3. The van der Waals surface area contributed by atoms with Gasteiger partial charge in [0.1, 0.15) is 0 Å². The lowest BCUT2D eigenvalue weighted by Gasteiger charge is -2.65. The van der Waals surface area contributed by atoms with Crippen LogP contribution in [0.4, 0.5) is 13.2 Å². The minimum Gasteiger partial charge on any atom is -0.390 e. The molecule has 0 aromatic rings. The van der Waals surface area contributed by atoms with Gasteiger partial charge in [-0.05, 0) is 98.2 Å². The van der Waals surface area contributed by atoms with Gasteiger partial charge in [-0.3, -0.25) is 0 Å². The summed E-state index contributed by atoms with van der Waals surface area (Å²) in [5.74, 6) is 1.78. The van der Waals surface area contributed by atoms with E-state index in [9.17, 15) is 18.3 Å². The molecule has 1 nitrogen and oxygen atoms in total. The number of hydrogen-bond donors (Lipinski definition) is 1. The highest BCUT2D eigenvalue weighted by atomic mass is 19.4. The van der Waals surface area contributed by atoms with Gasteiger partial charge in [-0.15, -0.1) is 0 Å². The van der Waals surface area contributed by atoms with E-state index in [-0.39, 0.29) is 35.0 Å². The van der Waals surface area contributed by atoms with Crippen molar-refractivity contribution in [2.75, 3.05) is 0 Å². The molecule has 0 aromatic heterocycles. The quantitative estimate of drug-likeness (QED) is 0.650. The van der Waals surface area contributed by atoms with Crippen LogP contribution in [0.1, 0.15) is 72.1 Å². The van der Waals surface area contributed by atoms with Crippen LogP contribution in [0.25, 0.3) is 0 Å². The van der Waals surface area contributed by atoms with Gasteiger partial charge in [-0.1, -0.05) is 20.8 Å². The molecule has 0 radical (unpaired) electrons. The summed E-state index contributed by atoms with van der Waals surface area (Å²) >= 11 is 0. The summed E-state index contributed by atoms with van der Waals surface area (Å²) in [5.41, 5.74) is -2.29. The largest absolute Gasteiger partial charge is 0.394 e. The predicted molar refractivity (Wildman–Crippen MR) is 94.3 cm³/mol. The highest BCUT2D eigenvalue weighted by molar-refractivity contribution is 5.16. The molecule has 6 aliphatic rings. The maximum atomic E-state index is 14.6. The topological polar surface area (TPSA) is 20.2 Å². The Morgan fingerprint density at radius 2 is 1.54 bits per heavy atom. The summed E-state index contributed by atoms with van der Waals surface area (Å²) in [6, 6.07) is 0. The van der Waals surface area contributed by atoms with E-state index in [4.69, 9.17) is 0 Å². The molecule has 6 fully saturated rings. The SMILES string of the molecule is CC1C2CC(C1C)C(CC1(C)C3CC4CC1CC(O)(C4)C3)(C(F)(F)F)C2. The molecule has 0 aliphatic heterocycles. The standard InChI is InChI=1S/C22H33F3O/c1-12-13(2)18-6-15(12)8-21(18,22(23,24)25)11-19(3)16-4-14-5-17(19)10-20(26,7-14)9-16/h12-18,26H,4-11H2,1-3H3. The lowest BCUT2D eigenvalue weighted by molar-refractivity contribution is -0.278. The molecule has 0 amide bonds. The monoisotopic (exact) mass is 370 g/mol. The van der Waals surface area contributed by atoms with E-state index in [2.05, 4.69) is 20.8 Å². The van der Waals surface area contributed by atoms with Crippen LogP contribution >= 0.6 is 0 Å². The maximum absolute atomic E-state index is 14.6. The Bertz CT molecular complexity index is 595. The van der Waals surface area contributed by atoms with E-state index >= 15 is 0 Å². The van der Waals surface area contributed by atoms with Gasteiger partial charge in [0.2, 0.25) is 0 Å². The van der Waals surface area contributed by atoms with Gasteiger partial charge in [-0.2, -0.15) is 13.2 Å². The van der Waals surface area contributed by atoms with Gasteiger partial charge in [0.05, 0.1) is 11.0 Å². The zero-order valence-electron chi connectivity index (χ0n) is 16.3. The van der Waals surface area contributed by atoms with Gasteiger partial charge in [0.15, 0.2) is 0 Å². The van der Waals surface area contributed by atoms with Crippen molar-refractivity contribution in [2.24, 2.45) is 52.3 Å². The number of alkyl halides is 3. The van der Waals surface area contributed by atoms with Crippen molar-refractivity contribution < 1.29 is 18.3 Å². The molecule has 6 rings (SSSR count). The van der Waals surface area contributed by atoms with Crippen LogP contribution in [0.5, 0.6) is 0 Å². The molecular weight excluding hydrogens is 337 g/mol. The summed E-state index contributed by atoms with van der Waals surface area (Å²) in [5, 5.41) is 10.9. The fourth-order valence-electron chi connectivity index (χ4n) is 9.04. The Morgan fingerprint density at radius 1 is 0.923 bits per heavy atom. The predicted octanol–water partition coefficient (Wildman–Crippen LogP) is 5.81. The summed E-state index contributed by atoms with van der Waals surface area (Å²) in [7, 11) is 0. The average Bonchev–Trinajstić information content (AvgIpc) is 3.01. The van der Waals surface area contributed by atoms with Crippen molar-refractivity contribution in [1.29, 1.82) is 0 Å². The van der Waals surface area contributed by atoms with E-state index in [0.717, 1.165) is 38.5 Å². The summed E-state index contributed by atoms with van der Waals surface area (Å²) in [6.07, 6.45) is 1.81. The van der Waals surface area contributed by atoms with Crippen molar-refractivity contribution in [1.82, 2.24) is 0 Å². The van der Waals surface area contributed by atoms with E-state index < -0.39 is 17.2 Å². The van der Waals surface area contributed by atoms with E-state index in [0.29, 0.717) is 24.7 Å². The van der Waals surface area contributed by atoms with Crippen LogP contribution in [0.15, 0.2) is 0 Å². The maximum Gasteiger partial charge on any atom is 0.394 e. The first kappa shape index (κ1) is 17.8. The Hall–Kier alpha value is -0.250. The van der Waals surface area contributed by atoms with Gasteiger partial charge < -0.3 is 5.11 Å². The van der Waals surface area contributed by atoms with Crippen LogP contribution in [-0.2, 0) is 0 Å².